The molecule has 0 saturated heterocycles. The van der Waals surface area contributed by atoms with E-state index in [1.165, 1.54) is 0 Å². The Hall–Kier alpha value is -1.70. The van der Waals surface area contributed by atoms with E-state index in [0.717, 1.165) is 0 Å². The molecule has 0 bridgehead atoms. The average molecular weight is 269 g/mol. The number of rotatable bonds is 3. The standard InChI is InChI=1S/C10H8F5NO2/c11-6-1-4(8(16)3-9(17)18)5(2-7(6)12)10(13,14)15/h1-2,8H,3,16H2,(H,17,18). The molecule has 1 aromatic rings. The molecule has 0 heterocycles. The number of alkyl halides is 3. The van der Waals surface area contributed by atoms with Gasteiger partial charge < -0.3 is 10.8 Å². The second-order valence-electron chi connectivity index (χ2n) is 3.56. The first-order valence-corrected chi connectivity index (χ1v) is 4.66. The van der Waals surface area contributed by atoms with E-state index in [1.807, 2.05) is 0 Å². The molecule has 3 N–H and O–H groups in total. The van der Waals surface area contributed by atoms with Crippen LogP contribution in [-0.4, -0.2) is 11.1 Å². The highest BCUT2D eigenvalue weighted by atomic mass is 19.4. The number of benzene rings is 1. The number of halogens is 5. The molecule has 0 aliphatic heterocycles. The zero-order valence-electron chi connectivity index (χ0n) is 8.76. The molecule has 18 heavy (non-hydrogen) atoms. The van der Waals surface area contributed by atoms with Gasteiger partial charge in [0.15, 0.2) is 11.6 Å². The molecule has 100 valence electrons. The Bertz CT molecular complexity index is 472. The van der Waals surface area contributed by atoms with Crippen LogP contribution < -0.4 is 5.73 Å². The van der Waals surface area contributed by atoms with Crippen molar-refractivity contribution < 1.29 is 31.9 Å². The molecule has 0 saturated carbocycles. The highest BCUT2D eigenvalue weighted by molar-refractivity contribution is 5.68. The number of nitrogens with two attached hydrogens (primary N) is 1. The molecule has 0 radical (unpaired) electrons. The van der Waals surface area contributed by atoms with Gasteiger partial charge in [-0.15, -0.1) is 0 Å². The van der Waals surface area contributed by atoms with Crippen molar-refractivity contribution in [3.63, 3.8) is 0 Å². The van der Waals surface area contributed by atoms with Crippen LogP contribution in [0.2, 0.25) is 0 Å². The third-order valence-corrected chi connectivity index (χ3v) is 2.19. The van der Waals surface area contributed by atoms with E-state index >= 15 is 0 Å². The fraction of sp³-hybridized carbons (Fsp3) is 0.300. The van der Waals surface area contributed by atoms with Crippen molar-refractivity contribution in [3.8, 4) is 0 Å². The quantitative estimate of drug-likeness (QED) is 0.828. The van der Waals surface area contributed by atoms with Gasteiger partial charge in [0, 0.05) is 6.04 Å². The van der Waals surface area contributed by atoms with Gasteiger partial charge in [0.25, 0.3) is 0 Å². The average Bonchev–Trinajstić information content (AvgIpc) is 2.18. The maximum absolute atomic E-state index is 12.9. The smallest absolute Gasteiger partial charge is 0.416 e. The lowest BCUT2D eigenvalue weighted by Gasteiger charge is -2.17. The molecular weight excluding hydrogens is 261 g/mol. The summed E-state index contributed by atoms with van der Waals surface area (Å²) in [5.41, 5.74) is 2.98. The number of hydrogen-bond donors (Lipinski definition) is 2. The third-order valence-electron chi connectivity index (χ3n) is 2.19. The maximum atomic E-state index is 12.9. The molecule has 0 aliphatic rings. The van der Waals surface area contributed by atoms with Crippen LogP contribution in [0.4, 0.5) is 22.0 Å². The van der Waals surface area contributed by atoms with Gasteiger partial charge in [-0.05, 0) is 17.7 Å². The lowest BCUT2D eigenvalue weighted by Crippen LogP contribution is -2.21. The second kappa shape index (κ2) is 4.89. The largest absolute Gasteiger partial charge is 0.481 e. The number of carboxylic acids is 1. The number of hydrogen-bond acceptors (Lipinski definition) is 2. The van der Waals surface area contributed by atoms with E-state index in [2.05, 4.69) is 0 Å². The number of aliphatic carboxylic acids is 1. The van der Waals surface area contributed by atoms with Gasteiger partial charge >= 0.3 is 12.1 Å². The number of carbonyl (C=O) groups is 1. The fourth-order valence-corrected chi connectivity index (χ4v) is 1.41. The summed E-state index contributed by atoms with van der Waals surface area (Å²) in [6, 6.07) is -1.34. The first-order valence-electron chi connectivity index (χ1n) is 4.66. The SMILES string of the molecule is NC(CC(=O)O)c1cc(F)c(F)cc1C(F)(F)F. The van der Waals surface area contributed by atoms with Crippen molar-refractivity contribution in [2.45, 2.75) is 18.6 Å². The van der Waals surface area contributed by atoms with Gasteiger partial charge in [-0.1, -0.05) is 0 Å². The predicted octanol–water partition coefficient (Wildman–Crippen LogP) is 2.46. The first kappa shape index (κ1) is 14.4. The van der Waals surface area contributed by atoms with Crippen molar-refractivity contribution in [1.29, 1.82) is 0 Å². The van der Waals surface area contributed by atoms with E-state index in [0.29, 0.717) is 0 Å². The van der Waals surface area contributed by atoms with Gasteiger partial charge in [0.2, 0.25) is 0 Å². The van der Waals surface area contributed by atoms with Crippen LogP contribution in [0.25, 0.3) is 0 Å². The van der Waals surface area contributed by atoms with Gasteiger partial charge in [0.1, 0.15) is 0 Å². The number of carboxylic acid groups (broad SMARTS) is 1. The zero-order valence-corrected chi connectivity index (χ0v) is 8.76. The highest BCUT2D eigenvalue weighted by Gasteiger charge is 2.36. The summed E-state index contributed by atoms with van der Waals surface area (Å²) in [6.07, 6.45) is -5.77. The minimum Gasteiger partial charge on any atom is -0.481 e. The summed E-state index contributed by atoms with van der Waals surface area (Å²) in [5, 5.41) is 8.43. The van der Waals surface area contributed by atoms with Crippen molar-refractivity contribution in [3.05, 3.63) is 34.9 Å². The Balaban J connectivity index is 3.32. The van der Waals surface area contributed by atoms with Crippen LogP contribution in [0.1, 0.15) is 23.6 Å². The Labute approximate surface area is 98.0 Å². The minimum absolute atomic E-state index is 0.0353. The lowest BCUT2D eigenvalue weighted by atomic mass is 9.98. The molecule has 1 rings (SSSR count). The lowest BCUT2D eigenvalue weighted by molar-refractivity contribution is -0.140. The van der Waals surface area contributed by atoms with Crippen LogP contribution in [0.5, 0.6) is 0 Å². The molecule has 0 spiro atoms. The van der Waals surface area contributed by atoms with E-state index in [-0.39, 0.29) is 12.1 Å². The van der Waals surface area contributed by atoms with Crippen LogP contribution in [-0.2, 0) is 11.0 Å². The van der Waals surface area contributed by atoms with Gasteiger partial charge in [0.05, 0.1) is 12.0 Å². The Kier molecular flexibility index (Phi) is 3.90. The van der Waals surface area contributed by atoms with Crippen molar-refractivity contribution in [2.75, 3.05) is 0 Å². The monoisotopic (exact) mass is 269 g/mol. The topological polar surface area (TPSA) is 63.3 Å². The first-order chi connectivity index (χ1) is 8.12. The summed E-state index contributed by atoms with van der Waals surface area (Å²) >= 11 is 0. The summed E-state index contributed by atoms with van der Waals surface area (Å²) in [4.78, 5) is 10.4. The van der Waals surface area contributed by atoms with Crippen molar-refractivity contribution >= 4 is 5.97 Å². The molecular formula is C10H8F5NO2. The normalized spacial score (nSPS) is 13.4. The zero-order chi connectivity index (χ0) is 14.1. The summed E-state index contributed by atoms with van der Waals surface area (Å²) < 4.78 is 63.4. The summed E-state index contributed by atoms with van der Waals surface area (Å²) in [7, 11) is 0. The van der Waals surface area contributed by atoms with Gasteiger partial charge in [-0.3, -0.25) is 4.79 Å². The van der Waals surface area contributed by atoms with Gasteiger partial charge in [-0.2, -0.15) is 13.2 Å². The molecule has 8 heteroatoms. The molecule has 3 nitrogen and oxygen atoms in total. The second-order valence-corrected chi connectivity index (χ2v) is 3.56. The molecule has 0 aliphatic carbocycles. The highest BCUT2D eigenvalue weighted by Crippen LogP contribution is 2.36. The molecule has 0 fully saturated rings. The van der Waals surface area contributed by atoms with Crippen molar-refractivity contribution in [2.24, 2.45) is 5.73 Å². The molecule has 1 atom stereocenters. The van der Waals surface area contributed by atoms with E-state index in [4.69, 9.17) is 10.8 Å². The van der Waals surface area contributed by atoms with Crippen LogP contribution in [0.3, 0.4) is 0 Å². The third kappa shape index (κ3) is 3.16. The van der Waals surface area contributed by atoms with Crippen molar-refractivity contribution in [1.82, 2.24) is 0 Å². The molecule has 0 aromatic heterocycles. The fourth-order valence-electron chi connectivity index (χ4n) is 1.41. The maximum Gasteiger partial charge on any atom is 0.416 e. The van der Waals surface area contributed by atoms with Crippen LogP contribution >= 0.6 is 0 Å². The minimum atomic E-state index is -4.94. The molecule has 1 unspecified atom stereocenters. The van der Waals surface area contributed by atoms with E-state index in [9.17, 15) is 26.7 Å². The van der Waals surface area contributed by atoms with Crippen LogP contribution in [0.15, 0.2) is 12.1 Å². The van der Waals surface area contributed by atoms with E-state index < -0.39 is 47.4 Å². The Morgan fingerprint density at radius 1 is 1.28 bits per heavy atom. The summed E-state index contributed by atoms with van der Waals surface area (Å²) in [5.74, 6) is -4.63. The summed E-state index contributed by atoms with van der Waals surface area (Å²) in [6.45, 7) is 0. The predicted molar refractivity (Wildman–Crippen MR) is 50.5 cm³/mol. The van der Waals surface area contributed by atoms with Gasteiger partial charge in [-0.25, -0.2) is 8.78 Å². The molecule has 1 aromatic carbocycles. The Morgan fingerprint density at radius 3 is 2.22 bits per heavy atom. The Morgan fingerprint density at radius 2 is 1.78 bits per heavy atom. The van der Waals surface area contributed by atoms with E-state index in [1.54, 1.807) is 0 Å². The van der Waals surface area contributed by atoms with Crippen LogP contribution in [0, 0.1) is 11.6 Å². The molecule has 0 amide bonds.